The largest absolute Gasteiger partial charge is 2.00 e. The molecule has 0 unspecified atom stereocenters. The van der Waals surface area contributed by atoms with Gasteiger partial charge in [0, 0.05) is 0 Å². The number of rotatable bonds is 9. The van der Waals surface area contributed by atoms with Crippen LogP contribution in [0.3, 0.4) is 0 Å². The second kappa shape index (κ2) is 20.9. The van der Waals surface area contributed by atoms with Gasteiger partial charge in [0.15, 0.2) is 0 Å². The van der Waals surface area contributed by atoms with Gasteiger partial charge in [-0.25, -0.2) is 0 Å². The molecule has 0 N–H and O–H groups in total. The van der Waals surface area contributed by atoms with Crippen molar-refractivity contribution >= 4 is 37.1 Å². The van der Waals surface area contributed by atoms with Gasteiger partial charge >= 0.3 is 20.4 Å². The van der Waals surface area contributed by atoms with Gasteiger partial charge in [0.25, 0.3) is 0 Å². The minimum absolute atomic E-state index is 0. The van der Waals surface area contributed by atoms with Crippen LogP contribution in [0.15, 0.2) is 147 Å². The van der Waals surface area contributed by atoms with Gasteiger partial charge in [0.1, 0.15) is 0 Å². The van der Waals surface area contributed by atoms with Gasteiger partial charge in [-0.3, -0.25) is 0 Å². The van der Waals surface area contributed by atoms with E-state index in [9.17, 15) is 0 Å². The number of hydrogen-bond acceptors (Lipinski definition) is 0. The van der Waals surface area contributed by atoms with Crippen LogP contribution < -0.4 is 21.2 Å². The fourth-order valence-electron chi connectivity index (χ4n) is 3.45. The Kier molecular flexibility index (Phi) is 18.6. The van der Waals surface area contributed by atoms with Crippen LogP contribution in [-0.2, 0) is 20.4 Å². The van der Waals surface area contributed by atoms with Crippen molar-refractivity contribution in [3.05, 3.63) is 160 Å². The van der Waals surface area contributed by atoms with E-state index in [4.69, 9.17) is 0 Å². The maximum Gasteiger partial charge on any atom is 2.00 e. The average Bonchev–Trinajstić information content (AvgIpc) is 2.97. The molecule has 0 aliphatic carbocycles. The first-order chi connectivity index (χ1) is 17.7. The van der Waals surface area contributed by atoms with Crippen LogP contribution in [-0.4, -0.2) is 12.3 Å². The Morgan fingerprint density at radius 2 is 0.649 bits per heavy atom. The van der Waals surface area contributed by atoms with Crippen molar-refractivity contribution in [3.63, 3.8) is 0 Å². The predicted molar refractivity (Wildman–Crippen MR) is 168 cm³/mol. The van der Waals surface area contributed by atoms with E-state index in [-0.39, 0.29) is 36.3 Å². The van der Waals surface area contributed by atoms with Gasteiger partial charge in [-0.1, -0.05) is 121 Å². The Hall–Kier alpha value is -2.12. The summed E-state index contributed by atoms with van der Waals surface area (Å²) in [6.07, 6.45) is 7.61. The van der Waals surface area contributed by atoms with Crippen molar-refractivity contribution in [2.45, 2.75) is 12.8 Å². The van der Waals surface area contributed by atoms with Crippen LogP contribution in [0.1, 0.15) is 12.8 Å². The van der Waals surface area contributed by atoms with Crippen molar-refractivity contribution in [1.82, 2.24) is 0 Å². The molecule has 194 valence electrons. The molecule has 37 heavy (non-hydrogen) atoms. The van der Waals surface area contributed by atoms with Gasteiger partial charge in [0.2, 0.25) is 0 Å². The molecule has 4 aromatic carbocycles. The standard InChI is InChI=1S/C26H24P2.2C4H7.Pd/c1-5-13-23(14-6-1)27(24-15-7-2-8-16-24)21-22-28(25-17-9-3-10-18-25)26-19-11-4-12-20-26;2*1-3-4-2;/h1-20H,21-22H2;2*3H,1-2,4H2;/q;2*-1;+2. The molecule has 3 heteroatoms. The SMILES string of the molecule is C=CC[CH2-].C=CC[CH2-].[Pd+2].c1ccc(P(CCP(c2ccccc2)c2ccccc2)c2ccccc2)cc1. The van der Waals surface area contributed by atoms with Crippen LogP contribution in [0, 0.1) is 13.8 Å². The van der Waals surface area contributed by atoms with Gasteiger partial charge in [-0.05, 0) is 49.4 Å². The number of allylic oxidation sites excluding steroid dienone is 2. The first-order valence-electron chi connectivity index (χ1n) is 12.3. The summed E-state index contributed by atoms with van der Waals surface area (Å²) in [5.41, 5.74) is 0. The first kappa shape index (κ1) is 32.9. The van der Waals surface area contributed by atoms with Crippen LogP contribution >= 0.6 is 15.8 Å². The molecule has 0 nitrogen and oxygen atoms in total. The van der Waals surface area contributed by atoms with E-state index in [1.165, 1.54) is 33.5 Å². The molecule has 0 saturated carbocycles. The molecule has 4 rings (SSSR count). The number of hydrogen-bond donors (Lipinski definition) is 0. The maximum absolute atomic E-state index is 3.49. The molecule has 0 aromatic heterocycles. The minimum Gasteiger partial charge on any atom is -0.340 e. The summed E-state index contributed by atoms with van der Waals surface area (Å²) in [5, 5.41) is 5.89. The molecule has 0 amide bonds. The molecule has 0 bridgehead atoms. The molecule has 0 fully saturated rings. The van der Waals surface area contributed by atoms with E-state index < -0.39 is 0 Å². The summed E-state index contributed by atoms with van der Waals surface area (Å²) in [5.74, 6) is 0. The Morgan fingerprint density at radius 1 is 0.459 bits per heavy atom. The van der Waals surface area contributed by atoms with Crippen LogP contribution in [0.5, 0.6) is 0 Å². The van der Waals surface area contributed by atoms with E-state index in [1.807, 2.05) is 0 Å². The zero-order valence-corrected chi connectivity index (χ0v) is 24.9. The van der Waals surface area contributed by atoms with Crippen molar-refractivity contribution in [2.24, 2.45) is 0 Å². The molecular formula is C34H38P2Pd. The van der Waals surface area contributed by atoms with Crippen molar-refractivity contribution in [1.29, 1.82) is 0 Å². The molecule has 0 heterocycles. The zero-order valence-electron chi connectivity index (χ0n) is 21.6. The molecular weight excluding hydrogens is 577 g/mol. The zero-order chi connectivity index (χ0) is 25.8. The van der Waals surface area contributed by atoms with E-state index in [0.717, 1.165) is 12.8 Å². The summed E-state index contributed by atoms with van der Waals surface area (Å²) >= 11 is 0. The predicted octanol–water partition coefficient (Wildman–Crippen LogP) is 8.04. The summed E-state index contributed by atoms with van der Waals surface area (Å²) < 4.78 is 0. The van der Waals surface area contributed by atoms with Crippen LogP contribution in [0.4, 0.5) is 0 Å². The summed E-state index contributed by atoms with van der Waals surface area (Å²) in [7, 11) is -0.696. The summed E-state index contributed by atoms with van der Waals surface area (Å²) in [6, 6.07) is 44.2. The Balaban J connectivity index is 0.000000671. The third-order valence-corrected chi connectivity index (χ3v) is 10.6. The second-order valence-electron chi connectivity index (χ2n) is 7.80. The summed E-state index contributed by atoms with van der Waals surface area (Å²) in [6.45, 7) is 13.8. The molecule has 0 atom stereocenters. The first-order valence-corrected chi connectivity index (χ1v) is 15.4. The van der Waals surface area contributed by atoms with E-state index in [1.54, 1.807) is 12.2 Å². The van der Waals surface area contributed by atoms with Gasteiger partial charge in [-0.2, -0.15) is 12.8 Å². The van der Waals surface area contributed by atoms with E-state index in [2.05, 4.69) is 148 Å². The van der Waals surface area contributed by atoms with E-state index >= 15 is 0 Å². The maximum atomic E-state index is 3.49. The molecule has 0 spiro atoms. The van der Waals surface area contributed by atoms with Gasteiger partial charge in [-0.15, -0.1) is 25.3 Å². The van der Waals surface area contributed by atoms with Gasteiger partial charge < -0.3 is 13.8 Å². The van der Waals surface area contributed by atoms with Crippen molar-refractivity contribution in [3.8, 4) is 0 Å². The van der Waals surface area contributed by atoms with E-state index in [0.29, 0.717) is 0 Å². The summed E-state index contributed by atoms with van der Waals surface area (Å²) in [4.78, 5) is 0. The minimum atomic E-state index is -0.348. The monoisotopic (exact) mass is 614 g/mol. The Labute approximate surface area is 242 Å². The Morgan fingerprint density at radius 3 is 0.811 bits per heavy atom. The van der Waals surface area contributed by atoms with Crippen LogP contribution in [0.2, 0.25) is 0 Å². The fraction of sp³-hybridized carbons (Fsp3) is 0.118. The van der Waals surface area contributed by atoms with Crippen LogP contribution in [0.25, 0.3) is 0 Å². The number of benzene rings is 4. The topological polar surface area (TPSA) is 0 Å². The normalized spacial score (nSPS) is 9.73. The van der Waals surface area contributed by atoms with Gasteiger partial charge in [0.05, 0.1) is 0 Å². The molecule has 0 saturated heterocycles. The molecule has 0 aliphatic rings. The third kappa shape index (κ3) is 12.3. The smallest absolute Gasteiger partial charge is 0.340 e. The third-order valence-electron chi connectivity index (χ3n) is 5.23. The quantitative estimate of drug-likeness (QED) is 0.0775. The van der Waals surface area contributed by atoms with Crippen molar-refractivity contribution in [2.75, 3.05) is 12.3 Å². The second-order valence-corrected chi connectivity index (χ2v) is 12.5. The fourth-order valence-corrected chi connectivity index (χ4v) is 8.80. The van der Waals surface area contributed by atoms with Crippen molar-refractivity contribution < 1.29 is 20.4 Å². The molecule has 4 aromatic rings. The average molecular weight is 615 g/mol. The molecule has 0 aliphatic heterocycles. The molecule has 0 radical (unpaired) electrons. The Bertz CT molecular complexity index is 914.